The van der Waals surface area contributed by atoms with Gasteiger partial charge < -0.3 is 4.74 Å². The van der Waals surface area contributed by atoms with Crippen LogP contribution < -0.4 is 0 Å². The molecular formula is C20H24O. The van der Waals surface area contributed by atoms with E-state index in [0.717, 1.165) is 12.8 Å². The third-order valence-corrected chi connectivity index (χ3v) is 5.36. The summed E-state index contributed by atoms with van der Waals surface area (Å²) in [5, 5.41) is 0. The minimum Gasteiger partial charge on any atom is -0.381 e. The molecule has 110 valence electrons. The van der Waals surface area contributed by atoms with Gasteiger partial charge in [0.1, 0.15) is 0 Å². The van der Waals surface area contributed by atoms with Gasteiger partial charge in [-0.2, -0.15) is 0 Å². The summed E-state index contributed by atoms with van der Waals surface area (Å²) < 4.78 is 5.79. The fourth-order valence-corrected chi connectivity index (χ4v) is 4.22. The van der Waals surface area contributed by atoms with E-state index in [1.807, 2.05) is 7.11 Å². The summed E-state index contributed by atoms with van der Waals surface area (Å²) in [5.41, 5.74) is 0. The van der Waals surface area contributed by atoms with Crippen LogP contribution in [0.5, 0.6) is 0 Å². The van der Waals surface area contributed by atoms with Gasteiger partial charge in [0.25, 0.3) is 0 Å². The third kappa shape index (κ3) is 2.92. The van der Waals surface area contributed by atoms with Crippen LogP contribution in [0.1, 0.15) is 51.4 Å². The number of hydrogen-bond acceptors (Lipinski definition) is 1. The van der Waals surface area contributed by atoms with Crippen LogP contribution in [-0.2, 0) is 4.74 Å². The molecule has 0 heterocycles. The average molecular weight is 280 g/mol. The summed E-state index contributed by atoms with van der Waals surface area (Å²) in [6, 6.07) is 0. The zero-order valence-corrected chi connectivity index (χ0v) is 13.0. The van der Waals surface area contributed by atoms with Crippen molar-refractivity contribution >= 4 is 0 Å². The molecule has 0 aromatic rings. The van der Waals surface area contributed by atoms with Crippen LogP contribution in [0.2, 0.25) is 0 Å². The van der Waals surface area contributed by atoms with Crippen LogP contribution in [0.25, 0.3) is 0 Å². The minimum absolute atomic E-state index is 0.262. The lowest BCUT2D eigenvalue weighted by molar-refractivity contribution is 0.112. The number of fused-ring (bicyclic) bond motifs is 6. The highest BCUT2D eigenvalue weighted by Crippen LogP contribution is 2.53. The number of rotatable bonds is 1. The SMILES string of the molecule is COC1CC[C]2[CH][C]3CCC[C]4[CH][C]1[CH][C]4CCC[C]3[CH]2. The molecule has 0 spiro atoms. The molecule has 1 unspecified atom stereocenters. The first-order chi connectivity index (χ1) is 10.3. The topological polar surface area (TPSA) is 9.23 Å². The lowest BCUT2D eigenvalue weighted by Crippen LogP contribution is -2.21. The van der Waals surface area contributed by atoms with E-state index in [4.69, 9.17) is 4.74 Å². The van der Waals surface area contributed by atoms with E-state index in [1.165, 1.54) is 50.4 Å². The monoisotopic (exact) mass is 280 g/mol. The van der Waals surface area contributed by atoms with E-state index in [-0.39, 0.29) is 6.10 Å². The van der Waals surface area contributed by atoms with Crippen LogP contribution >= 0.6 is 0 Å². The third-order valence-electron chi connectivity index (χ3n) is 5.36. The van der Waals surface area contributed by atoms with Crippen molar-refractivity contribution in [2.24, 2.45) is 0 Å². The second-order valence-electron chi connectivity index (χ2n) is 6.72. The maximum Gasteiger partial charge on any atom is 0.0640 e. The molecule has 0 aromatic carbocycles. The molecule has 0 saturated heterocycles. The largest absolute Gasteiger partial charge is 0.381 e. The maximum absolute atomic E-state index is 5.79. The predicted molar refractivity (Wildman–Crippen MR) is 84.4 cm³/mol. The highest BCUT2D eigenvalue weighted by Gasteiger charge is 2.43. The van der Waals surface area contributed by atoms with Crippen molar-refractivity contribution in [1.29, 1.82) is 0 Å². The van der Waals surface area contributed by atoms with E-state index in [0.29, 0.717) is 0 Å². The lowest BCUT2D eigenvalue weighted by Gasteiger charge is -2.24. The Morgan fingerprint density at radius 3 is 1.81 bits per heavy atom. The van der Waals surface area contributed by atoms with E-state index in [2.05, 4.69) is 25.7 Å². The highest BCUT2D eigenvalue weighted by molar-refractivity contribution is 5.54. The number of hydrogen-bond donors (Lipinski definition) is 0. The molecule has 0 aliphatic heterocycles. The molecular weight excluding hydrogens is 256 g/mol. The molecule has 10 radical (unpaired) electrons. The quantitative estimate of drug-likeness (QED) is 0.690. The first-order valence-corrected chi connectivity index (χ1v) is 8.42. The first kappa shape index (κ1) is 14.5. The smallest absolute Gasteiger partial charge is 0.0640 e. The molecule has 1 nitrogen and oxygen atoms in total. The Kier molecular flexibility index (Phi) is 4.31. The molecule has 5 rings (SSSR count). The predicted octanol–water partition coefficient (Wildman–Crippen LogP) is 4.44. The van der Waals surface area contributed by atoms with Crippen molar-refractivity contribution in [3.63, 3.8) is 0 Å². The van der Waals surface area contributed by atoms with Gasteiger partial charge in [-0.25, -0.2) is 0 Å². The van der Waals surface area contributed by atoms with Crippen molar-refractivity contribution in [3.05, 3.63) is 61.2 Å². The second kappa shape index (κ2) is 6.22. The molecule has 0 N–H and O–H groups in total. The van der Waals surface area contributed by atoms with Gasteiger partial charge in [0.15, 0.2) is 0 Å². The average Bonchev–Trinajstić information content (AvgIpc) is 3.05. The second-order valence-corrected chi connectivity index (χ2v) is 6.72. The van der Waals surface area contributed by atoms with Crippen molar-refractivity contribution < 1.29 is 4.74 Å². The molecule has 6 bridgehead atoms. The molecule has 5 aliphatic rings. The van der Waals surface area contributed by atoms with E-state index < -0.39 is 0 Å². The Bertz CT molecular complexity index is 326. The molecule has 5 aliphatic carbocycles. The Morgan fingerprint density at radius 1 is 0.762 bits per heavy atom. The fraction of sp³-hybridized carbons (Fsp3) is 0.500. The van der Waals surface area contributed by atoms with Crippen molar-refractivity contribution in [2.45, 2.75) is 57.5 Å². The maximum atomic E-state index is 5.79. The Balaban J connectivity index is 1.59. The number of ether oxygens (including phenoxy) is 1. The summed E-state index contributed by atoms with van der Waals surface area (Å²) >= 11 is 0. The minimum atomic E-state index is 0.262. The van der Waals surface area contributed by atoms with E-state index >= 15 is 0 Å². The van der Waals surface area contributed by atoms with Crippen molar-refractivity contribution in [2.75, 3.05) is 7.11 Å². The molecule has 5 fully saturated rings. The van der Waals surface area contributed by atoms with Crippen LogP contribution in [0, 0.1) is 61.2 Å². The van der Waals surface area contributed by atoms with Crippen LogP contribution in [0.4, 0.5) is 0 Å². The first-order valence-electron chi connectivity index (χ1n) is 8.42. The summed E-state index contributed by atoms with van der Waals surface area (Å²) in [5.74, 6) is 9.35. The Hall–Kier alpha value is -0.0400. The van der Waals surface area contributed by atoms with Gasteiger partial charge in [0, 0.05) is 13.0 Å². The standard InChI is InChI=1S/C20H24O/c1-21-20-9-8-14-10-15-4-2-6-17-12-19(20)13-18(17)7-3-5-16(15)11-14/h10-13,20H,2-9H2,1H3. The lowest BCUT2D eigenvalue weighted by atomic mass is 9.80. The van der Waals surface area contributed by atoms with Crippen molar-refractivity contribution in [1.82, 2.24) is 0 Å². The summed E-state index contributed by atoms with van der Waals surface area (Å²) in [7, 11) is 1.86. The Morgan fingerprint density at radius 2 is 1.29 bits per heavy atom. The summed E-state index contributed by atoms with van der Waals surface area (Å²) in [6.45, 7) is 0. The highest BCUT2D eigenvalue weighted by atomic mass is 16.5. The van der Waals surface area contributed by atoms with Gasteiger partial charge in [0.05, 0.1) is 6.10 Å². The van der Waals surface area contributed by atoms with Gasteiger partial charge in [-0.15, -0.1) is 0 Å². The number of methoxy groups -OCH3 is 1. The summed E-state index contributed by atoms with van der Waals surface area (Å²) in [4.78, 5) is 0. The van der Waals surface area contributed by atoms with E-state index in [9.17, 15) is 0 Å². The van der Waals surface area contributed by atoms with Gasteiger partial charge >= 0.3 is 0 Å². The van der Waals surface area contributed by atoms with Gasteiger partial charge in [-0.1, -0.05) is 12.8 Å². The zero-order valence-electron chi connectivity index (χ0n) is 13.0. The van der Waals surface area contributed by atoms with Gasteiger partial charge in [-0.3, -0.25) is 0 Å². The normalized spacial score (nSPS) is 35.0. The van der Waals surface area contributed by atoms with Crippen LogP contribution in [0.3, 0.4) is 0 Å². The fourth-order valence-electron chi connectivity index (χ4n) is 4.22. The molecule has 5 saturated carbocycles. The van der Waals surface area contributed by atoms with Crippen molar-refractivity contribution in [3.8, 4) is 0 Å². The van der Waals surface area contributed by atoms with Crippen LogP contribution in [0.15, 0.2) is 0 Å². The zero-order chi connectivity index (χ0) is 14.2. The van der Waals surface area contributed by atoms with Gasteiger partial charge in [0.2, 0.25) is 0 Å². The summed E-state index contributed by atoms with van der Waals surface area (Å²) in [6.07, 6.45) is 19.8. The molecule has 1 atom stereocenters. The van der Waals surface area contributed by atoms with E-state index in [1.54, 1.807) is 23.7 Å². The molecule has 1 heteroatoms. The molecule has 21 heavy (non-hydrogen) atoms. The van der Waals surface area contributed by atoms with Crippen LogP contribution in [-0.4, -0.2) is 13.2 Å². The molecule has 0 aromatic heterocycles. The van der Waals surface area contributed by atoms with Gasteiger partial charge in [-0.05, 0) is 93.8 Å². The molecule has 0 amide bonds. The Labute approximate surface area is 131 Å².